The number of ketones is 2. The molecule has 2 unspecified atom stereocenters. The molecule has 1 aliphatic heterocycles. The smallest absolute Gasteiger partial charge is 0.356 e. The lowest BCUT2D eigenvalue weighted by Gasteiger charge is -2.32. The summed E-state index contributed by atoms with van der Waals surface area (Å²) < 4.78 is 38.9. The van der Waals surface area contributed by atoms with Crippen LogP contribution < -0.4 is 21.3 Å². The van der Waals surface area contributed by atoms with E-state index in [1.165, 1.54) is 32.9 Å². The Labute approximate surface area is 242 Å². The number of piperidine rings is 1. The first-order chi connectivity index (χ1) is 19.4. The molecule has 1 aliphatic rings. The first-order valence-electron chi connectivity index (χ1n) is 13.8. The van der Waals surface area contributed by atoms with E-state index < -0.39 is 64.9 Å². The van der Waals surface area contributed by atoms with Crippen molar-refractivity contribution >= 4 is 35.2 Å². The molecule has 0 radical (unpaired) electrons. The summed E-state index contributed by atoms with van der Waals surface area (Å²) in [5, 5.41) is 9.33. The van der Waals surface area contributed by atoms with Crippen LogP contribution in [-0.2, 0) is 24.0 Å². The minimum atomic E-state index is -5.23. The molecule has 1 heterocycles. The average Bonchev–Trinajstić information content (AvgIpc) is 2.90. The topological polar surface area (TPSA) is 151 Å². The van der Waals surface area contributed by atoms with Crippen LogP contribution in [-0.4, -0.2) is 66.0 Å². The Morgan fingerprint density at radius 1 is 0.929 bits per heavy atom. The third kappa shape index (κ3) is 9.95. The summed E-state index contributed by atoms with van der Waals surface area (Å²) in [6.07, 6.45) is -4.30. The van der Waals surface area contributed by atoms with Crippen molar-refractivity contribution in [2.75, 3.05) is 6.54 Å². The Bertz CT molecular complexity index is 1160. The Balaban J connectivity index is 2.34. The highest BCUT2D eigenvalue weighted by molar-refractivity contribution is 6.45. The number of carbonyl (C=O) groups excluding carboxylic acids is 6. The van der Waals surface area contributed by atoms with Crippen molar-refractivity contribution in [1.29, 1.82) is 0 Å². The van der Waals surface area contributed by atoms with Crippen LogP contribution in [0.15, 0.2) is 30.3 Å². The number of carbonyl (C=O) groups is 6. The highest BCUT2D eigenvalue weighted by Crippen LogP contribution is 2.23. The van der Waals surface area contributed by atoms with E-state index in [0.29, 0.717) is 19.4 Å². The summed E-state index contributed by atoms with van der Waals surface area (Å²) in [6.45, 7) is 8.30. The molecule has 1 saturated heterocycles. The van der Waals surface area contributed by atoms with Crippen molar-refractivity contribution in [3.05, 3.63) is 35.9 Å². The van der Waals surface area contributed by atoms with Crippen LogP contribution in [0.2, 0.25) is 0 Å². The van der Waals surface area contributed by atoms with Crippen LogP contribution in [0.1, 0.15) is 70.7 Å². The number of hydrogen-bond acceptors (Lipinski definition) is 6. The Morgan fingerprint density at radius 3 is 2.05 bits per heavy atom. The van der Waals surface area contributed by atoms with Gasteiger partial charge in [-0.1, -0.05) is 65.0 Å². The van der Waals surface area contributed by atoms with Gasteiger partial charge in [0.1, 0.15) is 12.1 Å². The number of amides is 4. The summed E-state index contributed by atoms with van der Waals surface area (Å²) in [4.78, 5) is 77.1. The molecular formula is C29H39F3N4O6. The largest absolute Gasteiger partial charge is 0.471 e. The van der Waals surface area contributed by atoms with Gasteiger partial charge in [-0.05, 0) is 37.0 Å². The second-order valence-electron chi connectivity index (χ2n) is 11.9. The first kappa shape index (κ1) is 34.4. The molecule has 42 heavy (non-hydrogen) atoms. The van der Waals surface area contributed by atoms with E-state index in [0.717, 1.165) is 0 Å². The monoisotopic (exact) mass is 596 g/mol. The highest BCUT2D eigenvalue weighted by Gasteiger charge is 2.44. The maximum Gasteiger partial charge on any atom is 0.471 e. The fourth-order valence-corrected chi connectivity index (χ4v) is 4.58. The van der Waals surface area contributed by atoms with Gasteiger partial charge < -0.3 is 21.3 Å². The molecule has 10 nitrogen and oxygen atoms in total. The van der Waals surface area contributed by atoms with Gasteiger partial charge in [-0.2, -0.15) is 13.2 Å². The Hall–Kier alpha value is -3.77. The van der Waals surface area contributed by atoms with Crippen LogP contribution in [0.25, 0.3) is 0 Å². The second kappa shape index (κ2) is 14.4. The molecule has 4 atom stereocenters. The van der Waals surface area contributed by atoms with Crippen molar-refractivity contribution in [2.45, 2.75) is 84.6 Å². The van der Waals surface area contributed by atoms with Crippen LogP contribution in [0, 0.1) is 17.3 Å². The van der Waals surface area contributed by atoms with Crippen molar-refractivity contribution in [1.82, 2.24) is 21.3 Å². The van der Waals surface area contributed by atoms with Crippen molar-refractivity contribution in [2.24, 2.45) is 17.3 Å². The van der Waals surface area contributed by atoms with E-state index in [4.69, 9.17) is 0 Å². The molecule has 1 aromatic carbocycles. The molecule has 232 valence electrons. The van der Waals surface area contributed by atoms with Gasteiger partial charge in [0.15, 0.2) is 0 Å². The molecule has 1 aromatic rings. The van der Waals surface area contributed by atoms with E-state index >= 15 is 0 Å². The molecule has 4 N–H and O–H groups in total. The number of alkyl halides is 3. The van der Waals surface area contributed by atoms with Gasteiger partial charge in [-0.25, -0.2) is 0 Å². The van der Waals surface area contributed by atoms with E-state index in [1.807, 2.05) is 0 Å². The van der Waals surface area contributed by atoms with Gasteiger partial charge in [0.05, 0.1) is 6.04 Å². The van der Waals surface area contributed by atoms with Crippen molar-refractivity contribution in [3.8, 4) is 0 Å². The van der Waals surface area contributed by atoms with Crippen molar-refractivity contribution < 1.29 is 41.9 Å². The van der Waals surface area contributed by atoms with Crippen molar-refractivity contribution in [3.63, 3.8) is 0 Å². The molecule has 0 aliphatic carbocycles. The minimum absolute atomic E-state index is 0.0269. The van der Waals surface area contributed by atoms with E-state index in [-0.39, 0.29) is 30.2 Å². The molecule has 1 fully saturated rings. The van der Waals surface area contributed by atoms with Crippen LogP contribution in [0.5, 0.6) is 0 Å². The Morgan fingerprint density at radius 2 is 1.52 bits per heavy atom. The summed E-state index contributed by atoms with van der Waals surface area (Å²) in [5.74, 6) is -7.19. The third-order valence-corrected chi connectivity index (χ3v) is 6.81. The minimum Gasteiger partial charge on any atom is -0.356 e. The predicted octanol–water partition coefficient (Wildman–Crippen LogP) is 2.46. The number of halogens is 3. The lowest BCUT2D eigenvalue weighted by molar-refractivity contribution is -0.175. The zero-order valence-electron chi connectivity index (χ0n) is 24.4. The summed E-state index contributed by atoms with van der Waals surface area (Å²) in [7, 11) is 0. The number of rotatable bonds is 12. The summed E-state index contributed by atoms with van der Waals surface area (Å²) >= 11 is 0. The van der Waals surface area contributed by atoms with Gasteiger partial charge in [0, 0.05) is 18.0 Å². The zero-order valence-corrected chi connectivity index (χ0v) is 24.4. The number of benzene rings is 1. The summed E-state index contributed by atoms with van der Waals surface area (Å²) in [6, 6.07) is 3.29. The maximum atomic E-state index is 13.5. The standard InChI is InChI=1S/C29H39F3N4O6/c1-16(2)14-20(35-26(41)23(28(3,4)5)36-27(42)29(30,31)32)25(40)34-19(15-18-12-9-13-33-24(18)39)22(38)21(37)17-10-7-6-8-11-17/h6-8,10-11,16,18-20,23H,9,12-15H2,1-5H3,(H,33,39)(H,34,40)(H,35,41)(H,36,42)/t18?,19?,20-,23+/m0/s1. The lowest BCUT2D eigenvalue weighted by atomic mass is 9.85. The predicted molar refractivity (Wildman–Crippen MR) is 147 cm³/mol. The highest BCUT2D eigenvalue weighted by atomic mass is 19.4. The van der Waals surface area contributed by atoms with Gasteiger partial charge in [-0.15, -0.1) is 0 Å². The normalized spacial score (nSPS) is 17.8. The van der Waals surface area contributed by atoms with Crippen LogP contribution in [0.3, 0.4) is 0 Å². The van der Waals surface area contributed by atoms with Gasteiger partial charge in [-0.3, -0.25) is 28.8 Å². The van der Waals surface area contributed by atoms with Gasteiger partial charge in [0.2, 0.25) is 29.3 Å². The molecule has 0 spiro atoms. The molecular weight excluding hydrogens is 557 g/mol. The van der Waals surface area contributed by atoms with Crippen LogP contribution in [0.4, 0.5) is 13.2 Å². The van der Waals surface area contributed by atoms with E-state index in [1.54, 1.807) is 37.4 Å². The van der Waals surface area contributed by atoms with Crippen LogP contribution >= 0.6 is 0 Å². The lowest BCUT2D eigenvalue weighted by Crippen LogP contribution is -2.60. The molecule has 4 amide bonds. The molecule has 0 aromatic heterocycles. The fourth-order valence-electron chi connectivity index (χ4n) is 4.58. The molecule has 2 rings (SSSR count). The second-order valence-corrected chi connectivity index (χ2v) is 11.9. The Kier molecular flexibility index (Phi) is 11.8. The number of hydrogen-bond donors (Lipinski definition) is 4. The van der Waals surface area contributed by atoms with Gasteiger partial charge in [0.25, 0.3) is 0 Å². The third-order valence-electron chi connectivity index (χ3n) is 6.81. The SMILES string of the molecule is CC(C)C[C@H](NC(=O)[C@@H](NC(=O)C(F)(F)F)C(C)(C)C)C(=O)NC(CC1CCCNC1=O)C(=O)C(=O)c1ccccc1. The summed E-state index contributed by atoms with van der Waals surface area (Å²) in [5.41, 5.74) is -1.07. The zero-order chi connectivity index (χ0) is 31.8. The first-order valence-corrected chi connectivity index (χ1v) is 13.8. The molecule has 0 bridgehead atoms. The molecule has 13 heteroatoms. The maximum absolute atomic E-state index is 13.5. The quantitative estimate of drug-likeness (QED) is 0.215. The van der Waals surface area contributed by atoms with E-state index in [9.17, 15) is 41.9 Å². The van der Waals surface area contributed by atoms with Gasteiger partial charge >= 0.3 is 12.1 Å². The fraction of sp³-hybridized carbons (Fsp3) is 0.586. The molecule has 0 saturated carbocycles. The van der Waals surface area contributed by atoms with E-state index in [2.05, 4.69) is 16.0 Å². The number of Topliss-reactive ketones (excluding diaryl/α,β-unsaturated/α-hetero) is 2. The average molecular weight is 597 g/mol. The number of nitrogens with one attached hydrogen (secondary N) is 4.